The van der Waals surface area contributed by atoms with E-state index in [1.807, 2.05) is 17.8 Å². The van der Waals surface area contributed by atoms with Crippen LogP contribution in [0.15, 0.2) is 18.7 Å². The average Bonchev–Trinajstić information content (AvgIpc) is 2.75. The van der Waals surface area contributed by atoms with Gasteiger partial charge in [-0.3, -0.25) is 4.79 Å². The van der Waals surface area contributed by atoms with E-state index in [4.69, 9.17) is 11.6 Å². The highest BCUT2D eigenvalue weighted by Crippen LogP contribution is 2.16. The third-order valence-electron chi connectivity index (χ3n) is 2.52. The van der Waals surface area contributed by atoms with E-state index >= 15 is 0 Å². The van der Waals surface area contributed by atoms with Crippen LogP contribution in [-0.4, -0.2) is 32.3 Å². The van der Waals surface area contributed by atoms with Crippen LogP contribution in [0, 0.1) is 0 Å². The van der Waals surface area contributed by atoms with Crippen molar-refractivity contribution in [2.24, 2.45) is 7.05 Å². The number of halogens is 1. The molecule has 0 fully saturated rings. The van der Waals surface area contributed by atoms with E-state index in [9.17, 15) is 4.79 Å². The molecule has 2 rings (SSSR count). The molecule has 1 N–H and O–H groups in total. The lowest BCUT2D eigenvalue weighted by molar-refractivity contribution is 0.112. The van der Waals surface area contributed by atoms with Gasteiger partial charge in [0, 0.05) is 32.4 Å². The molecule has 0 atom stereocenters. The summed E-state index contributed by atoms with van der Waals surface area (Å²) in [6.45, 7) is 0.610. The fraction of sp³-hybridized carbons (Fsp3) is 0.273. The van der Waals surface area contributed by atoms with Gasteiger partial charge in [0.2, 0.25) is 0 Å². The first-order valence-electron chi connectivity index (χ1n) is 5.38. The lowest BCUT2D eigenvalue weighted by Gasteiger charge is -2.07. The predicted octanol–water partition coefficient (Wildman–Crippen LogP) is 1.33. The Morgan fingerprint density at radius 2 is 2.28 bits per heavy atom. The second kappa shape index (κ2) is 5.59. The topological polar surface area (TPSA) is 72.7 Å². The average molecular weight is 266 g/mol. The van der Waals surface area contributed by atoms with Gasteiger partial charge in [-0.25, -0.2) is 15.0 Å². The highest BCUT2D eigenvalue weighted by atomic mass is 35.5. The maximum Gasteiger partial charge on any atom is 0.156 e. The van der Waals surface area contributed by atoms with Crippen LogP contribution < -0.4 is 5.32 Å². The SMILES string of the molecule is Cn1ccnc1CCNc1ncnc(Cl)c1C=O. The summed E-state index contributed by atoms with van der Waals surface area (Å²) in [6.07, 6.45) is 6.31. The molecule has 7 heteroatoms. The highest BCUT2D eigenvalue weighted by molar-refractivity contribution is 6.32. The maximum atomic E-state index is 10.9. The molecule has 6 nitrogen and oxygen atoms in total. The van der Waals surface area contributed by atoms with E-state index in [0.29, 0.717) is 18.6 Å². The van der Waals surface area contributed by atoms with Gasteiger partial charge in [0.05, 0.1) is 5.56 Å². The fourth-order valence-corrected chi connectivity index (χ4v) is 1.73. The molecule has 0 amide bonds. The van der Waals surface area contributed by atoms with Gasteiger partial charge >= 0.3 is 0 Å². The summed E-state index contributed by atoms with van der Waals surface area (Å²) >= 11 is 5.79. The number of aldehydes is 1. The number of anilines is 1. The zero-order valence-electron chi connectivity index (χ0n) is 9.80. The van der Waals surface area contributed by atoms with Crippen molar-refractivity contribution < 1.29 is 4.79 Å². The van der Waals surface area contributed by atoms with Crippen molar-refractivity contribution >= 4 is 23.7 Å². The standard InChI is InChI=1S/C11H12ClN5O/c1-17-5-4-13-9(17)2-3-14-11-8(6-18)10(12)15-7-16-11/h4-7H,2-3H2,1H3,(H,14,15,16). The van der Waals surface area contributed by atoms with E-state index in [1.54, 1.807) is 6.20 Å². The Bertz CT molecular complexity index is 554. The van der Waals surface area contributed by atoms with Gasteiger partial charge in [-0.15, -0.1) is 0 Å². The predicted molar refractivity (Wildman–Crippen MR) is 67.8 cm³/mol. The minimum Gasteiger partial charge on any atom is -0.369 e. The first-order valence-corrected chi connectivity index (χ1v) is 5.76. The zero-order chi connectivity index (χ0) is 13.0. The van der Waals surface area contributed by atoms with Crippen LogP contribution in [-0.2, 0) is 13.5 Å². The van der Waals surface area contributed by atoms with Gasteiger partial charge in [0.15, 0.2) is 6.29 Å². The van der Waals surface area contributed by atoms with Crippen molar-refractivity contribution in [2.45, 2.75) is 6.42 Å². The molecule has 0 radical (unpaired) electrons. The van der Waals surface area contributed by atoms with Crippen molar-refractivity contribution in [1.82, 2.24) is 19.5 Å². The molecule has 0 aliphatic carbocycles. The molecule has 0 bridgehead atoms. The molecule has 0 aromatic carbocycles. The molecule has 18 heavy (non-hydrogen) atoms. The lowest BCUT2D eigenvalue weighted by Crippen LogP contribution is -2.11. The number of hydrogen-bond acceptors (Lipinski definition) is 5. The van der Waals surface area contributed by atoms with Crippen LogP contribution in [0.3, 0.4) is 0 Å². The number of nitrogens with one attached hydrogen (secondary N) is 1. The Morgan fingerprint density at radius 3 is 2.94 bits per heavy atom. The van der Waals surface area contributed by atoms with Crippen LogP contribution in [0.1, 0.15) is 16.2 Å². The Labute approximate surface area is 109 Å². The molecule has 0 saturated heterocycles. The van der Waals surface area contributed by atoms with Gasteiger partial charge < -0.3 is 9.88 Å². The normalized spacial score (nSPS) is 10.3. The lowest BCUT2D eigenvalue weighted by atomic mass is 10.3. The molecule has 0 spiro atoms. The molecular formula is C11H12ClN5O. The second-order valence-corrected chi connectivity index (χ2v) is 4.03. The molecule has 2 heterocycles. The summed E-state index contributed by atoms with van der Waals surface area (Å²) in [5, 5.41) is 3.20. The fourth-order valence-electron chi connectivity index (χ4n) is 1.55. The van der Waals surface area contributed by atoms with Crippen LogP contribution in [0.25, 0.3) is 0 Å². The van der Waals surface area contributed by atoms with Crippen LogP contribution >= 0.6 is 11.6 Å². The summed E-state index contributed by atoms with van der Waals surface area (Å²) in [7, 11) is 1.93. The van der Waals surface area contributed by atoms with Gasteiger partial charge in [0.25, 0.3) is 0 Å². The second-order valence-electron chi connectivity index (χ2n) is 3.68. The first-order chi connectivity index (χ1) is 8.72. The monoisotopic (exact) mass is 265 g/mol. The van der Waals surface area contributed by atoms with Crippen molar-refractivity contribution in [2.75, 3.05) is 11.9 Å². The molecule has 2 aromatic rings. The number of aromatic nitrogens is 4. The number of nitrogens with zero attached hydrogens (tertiary/aromatic N) is 4. The summed E-state index contributed by atoms with van der Waals surface area (Å²) in [6, 6.07) is 0. The van der Waals surface area contributed by atoms with E-state index in [0.717, 1.165) is 12.2 Å². The van der Waals surface area contributed by atoms with Gasteiger partial charge in [-0.05, 0) is 0 Å². The Hall–Kier alpha value is -1.95. The number of rotatable bonds is 5. The number of imidazole rings is 1. The smallest absolute Gasteiger partial charge is 0.156 e. The molecule has 2 aromatic heterocycles. The quantitative estimate of drug-likeness (QED) is 0.652. The van der Waals surface area contributed by atoms with Crippen LogP contribution in [0.4, 0.5) is 5.82 Å². The zero-order valence-corrected chi connectivity index (χ0v) is 10.6. The summed E-state index contributed by atoms with van der Waals surface area (Å²) in [4.78, 5) is 22.8. The van der Waals surface area contributed by atoms with Crippen LogP contribution in [0.2, 0.25) is 5.15 Å². The summed E-state index contributed by atoms with van der Waals surface area (Å²) < 4.78 is 1.94. The number of carbonyl (C=O) groups excluding carboxylic acids is 1. The molecule has 0 aliphatic rings. The van der Waals surface area contributed by atoms with E-state index in [2.05, 4.69) is 20.3 Å². The van der Waals surface area contributed by atoms with Crippen LogP contribution in [0.5, 0.6) is 0 Å². The van der Waals surface area contributed by atoms with Crippen molar-refractivity contribution in [3.63, 3.8) is 0 Å². The highest BCUT2D eigenvalue weighted by Gasteiger charge is 2.08. The Balaban J connectivity index is 2.01. The minimum atomic E-state index is 0.152. The maximum absolute atomic E-state index is 10.9. The molecule has 0 unspecified atom stereocenters. The largest absolute Gasteiger partial charge is 0.369 e. The summed E-state index contributed by atoms with van der Waals surface area (Å²) in [5.41, 5.74) is 0.277. The molecule has 0 saturated carbocycles. The molecular weight excluding hydrogens is 254 g/mol. The number of aryl methyl sites for hydroxylation is 1. The van der Waals surface area contributed by atoms with Gasteiger partial charge in [0.1, 0.15) is 23.1 Å². The van der Waals surface area contributed by atoms with E-state index < -0.39 is 0 Å². The number of carbonyl (C=O) groups is 1. The molecule has 94 valence electrons. The Kier molecular flexibility index (Phi) is 3.88. The van der Waals surface area contributed by atoms with Crippen molar-refractivity contribution in [3.8, 4) is 0 Å². The van der Waals surface area contributed by atoms with Crippen molar-refractivity contribution in [1.29, 1.82) is 0 Å². The van der Waals surface area contributed by atoms with Gasteiger partial charge in [-0.2, -0.15) is 0 Å². The minimum absolute atomic E-state index is 0.152. The number of hydrogen-bond donors (Lipinski definition) is 1. The molecule has 0 aliphatic heterocycles. The van der Waals surface area contributed by atoms with Crippen molar-refractivity contribution in [3.05, 3.63) is 35.3 Å². The van der Waals surface area contributed by atoms with E-state index in [1.165, 1.54) is 6.33 Å². The third-order valence-corrected chi connectivity index (χ3v) is 2.82. The first kappa shape index (κ1) is 12.5. The third kappa shape index (κ3) is 2.65. The van der Waals surface area contributed by atoms with E-state index in [-0.39, 0.29) is 10.7 Å². The van der Waals surface area contributed by atoms with Gasteiger partial charge in [-0.1, -0.05) is 11.6 Å². The Morgan fingerprint density at radius 1 is 1.44 bits per heavy atom. The summed E-state index contributed by atoms with van der Waals surface area (Å²) in [5.74, 6) is 1.40.